The minimum atomic E-state index is -0.813. The van der Waals surface area contributed by atoms with Gasteiger partial charge in [0, 0.05) is 44.0 Å². The lowest BCUT2D eigenvalue weighted by molar-refractivity contribution is -0.138. The number of nitrogens with two attached hydrogens (primary N) is 1. The zero-order valence-electron chi connectivity index (χ0n) is 18.3. The lowest BCUT2D eigenvalue weighted by Crippen LogP contribution is -2.53. The van der Waals surface area contributed by atoms with Crippen molar-refractivity contribution in [2.24, 2.45) is 0 Å². The Morgan fingerprint density at radius 1 is 1.16 bits per heavy atom. The van der Waals surface area contributed by atoms with E-state index in [1.54, 1.807) is 29.2 Å². The van der Waals surface area contributed by atoms with Crippen LogP contribution in [0.25, 0.3) is 0 Å². The molecule has 0 aromatic heterocycles. The molecule has 3 unspecified atom stereocenters. The molecule has 0 saturated carbocycles. The molecule has 0 spiro atoms. The molecule has 2 aromatic carbocycles. The van der Waals surface area contributed by atoms with Gasteiger partial charge in [-0.2, -0.15) is 0 Å². The summed E-state index contributed by atoms with van der Waals surface area (Å²) in [6.45, 7) is 0.470. The van der Waals surface area contributed by atoms with Gasteiger partial charge in [-0.25, -0.2) is 0 Å². The van der Waals surface area contributed by atoms with Crippen molar-refractivity contribution in [3.8, 4) is 0 Å². The van der Waals surface area contributed by atoms with E-state index in [0.29, 0.717) is 30.6 Å². The van der Waals surface area contributed by atoms with Gasteiger partial charge in [0.2, 0.25) is 5.91 Å². The van der Waals surface area contributed by atoms with Gasteiger partial charge in [-0.1, -0.05) is 12.1 Å². The van der Waals surface area contributed by atoms with E-state index in [1.165, 1.54) is 0 Å². The van der Waals surface area contributed by atoms with Gasteiger partial charge in [-0.05, 0) is 48.4 Å². The molecule has 0 radical (unpaired) electrons. The quantitative estimate of drug-likeness (QED) is 0.661. The van der Waals surface area contributed by atoms with Gasteiger partial charge in [-0.3, -0.25) is 14.4 Å². The van der Waals surface area contributed by atoms with Gasteiger partial charge < -0.3 is 25.6 Å². The van der Waals surface area contributed by atoms with Crippen molar-refractivity contribution in [3.63, 3.8) is 0 Å². The third-order valence-corrected chi connectivity index (χ3v) is 6.06. The number of Topliss-reactive ketones (excluding diaryl/α,β-unsaturated/α-hetero) is 1. The number of carbonyl (C=O) groups is 3. The zero-order chi connectivity index (χ0) is 22.8. The maximum Gasteiger partial charge on any atom is 0.251 e. The Morgan fingerprint density at radius 2 is 1.84 bits per heavy atom. The number of nitrogen functional groups attached to an aromatic ring is 1. The van der Waals surface area contributed by atoms with Crippen molar-refractivity contribution in [2.75, 3.05) is 37.9 Å². The number of carbonyl (C=O) groups excluding carboxylic acids is 3. The highest BCUT2D eigenvalue weighted by Gasteiger charge is 2.48. The third-order valence-electron chi connectivity index (χ3n) is 6.06. The van der Waals surface area contributed by atoms with Gasteiger partial charge in [0.1, 0.15) is 18.7 Å². The van der Waals surface area contributed by atoms with Crippen LogP contribution in [0.2, 0.25) is 0 Å². The van der Waals surface area contributed by atoms with E-state index in [4.69, 9.17) is 10.5 Å². The maximum absolute atomic E-state index is 13.5. The van der Waals surface area contributed by atoms with Crippen LogP contribution in [0.1, 0.15) is 22.3 Å². The van der Waals surface area contributed by atoms with Crippen LogP contribution >= 0.6 is 0 Å². The topological polar surface area (TPSA) is 105 Å². The van der Waals surface area contributed by atoms with Crippen molar-refractivity contribution in [1.82, 2.24) is 10.2 Å². The van der Waals surface area contributed by atoms with Crippen LogP contribution in [0.5, 0.6) is 0 Å². The summed E-state index contributed by atoms with van der Waals surface area (Å²) in [6, 6.07) is 13.0. The maximum atomic E-state index is 13.5. The molecule has 2 aliphatic heterocycles. The van der Waals surface area contributed by atoms with E-state index in [2.05, 4.69) is 5.32 Å². The molecule has 2 amide bonds. The molecule has 2 saturated heterocycles. The Balaban J connectivity index is 1.55. The fourth-order valence-corrected chi connectivity index (χ4v) is 4.28. The number of ether oxygens (including phenoxy) is 1. The first-order chi connectivity index (χ1) is 15.3. The minimum absolute atomic E-state index is 0.0341. The first-order valence-electron chi connectivity index (χ1n) is 10.7. The largest absolute Gasteiger partial charge is 0.399 e. The fourth-order valence-electron chi connectivity index (χ4n) is 4.28. The summed E-state index contributed by atoms with van der Waals surface area (Å²) >= 11 is 0. The molecule has 8 nitrogen and oxygen atoms in total. The molecule has 3 N–H and O–H groups in total. The highest BCUT2D eigenvalue weighted by atomic mass is 16.5. The van der Waals surface area contributed by atoms with Crippen LogP contribution in [0.15, 0.2) is 48.5 Å². The standard InChI is InChI=1S/C24H28N4O4/c1-27(2)18-9-5-16(6-10-18)23(30)26-19(13-15-3-7-17(25)8-4-15)24(31)28-12-11-21-22(28)20(29)14-32-21/h3-10,19,21-22H,11-14,25H2,1-2H3,(H,26,30). The number of rotatable bonds is 6. The summed E-state index contributed by atoms with van der Waals surface area (Å²) in [6.07, 6.45) is 0.665. The molecule has 2 aromatic rings. The van der Waals surface area contributed by atoms with E-state index in [9.17, 15) is 14.4 Å². The average molecular weight is 437 g/mol. The lowest BCUT2D eigenvalue weighted by atomic mass is 10.0. The van der Waals surface area contributed by atoms with Crippen LogP contribution in [-0.4, -0.2) is 67.9 Å². The van der Waals surface area contributed by atoms with Crippen molar-refractivity contribution in [3.05, 3.63) is 59.7 Å². The summed E-state index contributed by atoms with van der Waals surface area (Å²) in [7, 11) is 3.85. The number of hydrogen-bond acceptors (Lipinski definition) is 6. The molecule has 8 heteroatoms. The normalized spacial score (nSPS) is 20.7. The van der Waals surface area contributed by atoms with E-state index >= 15 is 0 Å². The number of nitrogens with one attached hydrogen (secondary N) is 1. The molecule has 0 aliphatic carbocycles. The first kappa shape index (κ1) is 21.8. The number of benzene rings is 2. The van der Waals surface area contributed by atoms with Gasteiger partial charge >= 0.3 is 0 Å². The second kappa shape index (κ2) is 9.00. The third kappa shape index (κ3) is 4.45. The van der Waals surface area contributed by atoms with Crippen LogP contribution in [0, 0.1) is 0 Å². The predicted molar refractivity (Wildman–Crippen MR) is 121 cm³/mol. The Morgan fingerprint density at radius 3 is 2.50 bits per heavy atom. The lowest BCUT2D eigenvalue weighted by Gasteiger charge is -2.27. The number of likely N-dealkylation sites (tertiary alicyclic amines) is 1. The van der Waals surface area contributed by atoms with Crippen molar-refractivity contribution in [1.29, 1.82) is 0 Å². The molecule has 168 valence electrons. The van der Waals surface area contributed by atoms with Gasteiger partial charge in [0.15, 0.2) is 5.78 Å². The monoisotopic (exact) mass is 436 g/mol. The average Bonchev–Trinajstić information content (AvgIpc) is 3.37. The van der Waals surface area contributed by atoms with E-state index in [1.807, 2.05) is 43.3 Å². The summed E-state index contributed by atoms with van der Waals surface area (Å²) in [5.41, 5.74) is 8.70. The molecule has 2 aliphatic rings. The highest BCUT2D eigenvalue weighted by Crippen LogP contribution is 2.28. The van der Waals surface area contributed by atoms with Crippen molar-refractivity contribution >= 4 is 29.0 Å². The number of fused-ring (bicyclic) bond motifs is 1. The Kier molecular flexibility index (Phi) is 6.14. The molecule has 0 bridgehead atoms. The van der Waals surface area contributed by atoms with Gasteiger partial charge in [-0.15, -0.1) is 0 Å². The van der Waals surface area contributed by atoms with E-state index in [-0.39, 0.29) is 30.3 Å². The molecule has 2 heterocycles. The number of nitrogens with zero attached hydrogens (tertiary/aromatic N) is 2. The molecular formula is C24H28N4O4. The first-order valence-corrected chi connectivity index (χ1v) is 10.7. The number of ketones is 1. The van der Waals surface area contributed by atoms with Crippen molar-refractivity contribution in [2.45, 2.75) is 31.0 Å². The summed E-state index contributed by atoms with van der Waals surface area (Å²) in [5.74, 6) is -0.696. The molecular weight excluding hydrogens is 408 g/mol. The van der Waals surface area contributed by atoms with Gasteiger partial charge in [0.05, 0.1) is 6.10 Å². The molecule has 2 fully saturated rings. The highest BCUT2D eigenvalue weighted by molar-refractivity contribution is 5.99. The van der Waals surface area contributed by atoms with Gasteiger partial charge in [0.25, 0.3) is 5.91 Å². The molecule has 3 atom stereocenters. The van der Waals surface area contributed by atoms with Crippen LogP contribution < -0.4 is 16.0 Å². The number of anilines is 2. The fraction of sp³-hybridized carbons (Fsp3) is 0.375. The predicted octanol–water partition coefficient (Wildman–Crippen LogP) is 1.24. The Labute approximate surface area is 187 Å². The molecule has 4 rings (SSSR count). The van der Waals surface area contributed by atoms with E-state index in [0.717, 1.165) is 11.3 Å². The second-order valence-corrected chi connectivity index (χ2v) is 8.49. The SMILES string of the molecule is CN(C)c1ccc(C(=O)NC(Cc2ccc(N)cc2)C(=O)N2CCC3OCC(=O)C32)cc1. The molecule has 32 heavy (non-hydrogen) atoms. The smallest absolute Gasteiger partial charge is 0.251 e. The summed E-state index contributed by atoms with van der Waals surface area (Å²) in [4.78, 5) is 42.3. The Hall–Kier alpha value is -3.39. The van der Waals surface area contributed by atoms with Crippen LogP contribution in [0.3, 0.4) is 0 Å². The van der Waals surface area contributed by atoms with Crippen LogP contribution in [0.4, 0.5) is 11.4 Å². The zero-order valence-corrected chi connectivity index (χ0v) is 18.3. The van der Waals surface area contributed by atoms with Crippen LogP contribution in [-0.2, 0) is 20.7 Å². The van der Waals surface area contributed by atoms with Crippen molar-refractivity contribution < 1.29 is 19.1 Å². The summed E-state index contributed by atoms with van der Waals surface area (Å²) in [5, 5.41) is 2.89. The number of amides is 2. The number of hydrogen-bond donors (Lipinski definition) is 2. The Bertz CT molecular complexity index is 1000. The minimum Gasteiger partial charge on any atom is -0.399 e. The second-order valence-electron chi connectivity index (χ2n) is 8.49. The van der Waals surface area contributed by atoms with E-state index < -0.39 is 12.1 Å². The summed E-state index contributed by atoms with van der Waals surface area (Å²) < 4.78 is 5.51.